The summed E-state index contributed by atoms with van der Waals surface area (Å²) in [7, 11) is -3.73. The van der Waals surface area contributed by atoms with Gasteiger partial charge in [-0.25, -0.2) is 8.42 Å². The van der Waals surface area contributed by atoms with E-state index in [9.17, 15) is 26.4 Å². The van der Waals surface area contributed by atoms with Crippen molar-refractivity contribution >= 4 is 39.1 Å². The number of halogens is 3. The van der Waals surface area contributed by atoms with Gasteiger partial charge in [0.25, 0.3) is 10.0 Å². The van der Waals surface area contributed by atoms with E-state index in [1.165, 1.54) is 36.0 Å². The van der Waals surface area contributed by atoms with Crippen molar-refractivity contribution in [1.82, 2.24) is 0 Å². The number of anilines is 2. The van der Waals surface area contributed by atoms with Crippen molar-refractivity contribution in [2.24, 2.45) is 0 Å². The minimum Gasteiger partial charge on any atom is -0.325 e. The second kappa shape index (κ2) is 9.88. The summed E-state index contributed by atoms with van der Waals surface area (Å²) < 4.78 is 66.0. The van der Waals surface area contributed by atoms with E-state index < -0.39 is 32.9 Å². The molecule has 33 heavy (non-hydrogen) atoms. The van der Waals surface area contributed by atoms with Crippen LogP contribution in [0.5, 0.6) is 0 Å². The molecule has 2 N–H and O–H groups in total. The van der Waals surface area contributed by atoms with E-state index in [4.69, 9.17) is 0 Å². The first-order valence-electron chi connectivity index (χ1n) is 9.78. The van der Waals surface area contributed by atoms with Gasteiger partial charge in [-0.15, -0.1) is 11.8 Å². The van der Waals surface area contributed by atoms with Gasteiger partial charge in [-0.3, -0.25) is 9.52 Å². The third-order valence-corrected chi connectivity index (χ3v) is 7.09. The van der Waals surface area contributed by atoms with Gasteiger partial charge in [0, 0.05) is 16.3 Å². The fourth-order valence-electron chi connectivity index (χ4n) is 2.81. The molecule has 0 radical (unpaired) electrons. The molecule has 174 valence electrons. The molecule has 0 bridgehead atoms. The minimum atomic E-state index is -4.50. The van der Waals surface area contributed by atoms with Crippen molar-refractivity contribution < 1.29 is 26.4 Å². The van der Waals surface area contributed by atoms with Gasteiger partial charge in [-0.05, 0) is 68.4 Å². The van der Waals surface area contributed by atoms with Crippen LogP contribution in [0, 0.1) is 6.92 Å². The van der Waals surface area contributed by atoms with E-state index in [1.54, 1.807) is 43.3 Å². The Kier molecular flexibility index (Phi) is 7.38. The van der Waals surface area contributed by atoms with Gasteiger partial charge in [0.2, 0.25) is 5.91 Å². The normalized spacial score (nSPS) is 12.8. The molecule has 0 fully saturated rings. The van der Waals surface area contributed by atoms with E-state index in [0.717, 1.165) is 17.7 Å². The lowest BCUT2D eigenvalue weighted by Gasteiger charge is -2.14. The molecule has 3 rings (SSSR count). The molecular weight excluding hydrogens is 473 g/mol. The van der Waals surface area contributed by atoms with Crippen LogP contribution in [0.2, 0.25) is 0 Å². The third-order valence-electron chi connectivity index (χ3n) is 4.58. The molecule has 10 heteroatoms. The van der Waals surface area contributed by atoms with Crippen molar-refractivity contribution in [2.45, 2.75) is 35.1 Å². The maximum absolute atomic E-state index is 12.8. The SMILES string of the molecule is Cc1ccc(S(=O)(=O)Nc2ccc(SC(C)C(=O)Nc3cccc(C(F)(F)F)c3)cc2)cc1. The lowest BCUT2D eigenvalue weighted by atomic mass is 10.2. The van der Waals surface area contributed by atoms with E-state index in [1.807, 2.05) is 6.92 Å². The second-order valence-electron chi connectivity index (χ2n) is 7.27. The molecule has 1 amide bonds. The van der Waals surface area contributed by atoms with E-state index in [0.29, 0.717) is 10.6 Å². The Morgan fingerprint density at radius 1 is 0.939 bits per heavy atom. The van der Waals surface area contributed by atoms with Gasteiger partial charge >= 0.3 is 6.18 Å². The lowest BCUT2D eigenvalue weighted by Crippen LogP contribution is -2.22. The van der Waals surface area contributed by atoms with Crippen LogP contribution in [0.15, 0.2) is 82.6 Å². The fourth-order valence-corrected chi connectivity index (χ4v) is 4.73. The summed E-state index contributed by atoms with van der Waals surface area (Å²) in [5.74, 6) is -0.455. The number of carbonyl (C=O) groups is 1. The highest BCUT2D eigenvalue weighted by Gasteiger charge is 2.30. The second-order valence-corrected chi connectivity index (χ2v) is 10.4. The molecule has 0 aliphatic carbocycles. The molecule has 0 aromatic heterocycles. The number of aryl methyl sites for hydroxylation is 1. The molecule has 0 saturated carbocycles. The first-order chi connectivity index (χ1) is 15.4. The number of hydrogen-bond donors (Lipinski definition) is 2. The Balaban J connectivity index is 1.61. The molecule has 3 aromatic rings. The number of rotatable bonds is 7. The van der Waals surface area contributed by atoms with Gasteiger partial charge in [0.15, 0.2) is 0 Å². The summed E-state index contributed by atoms with van der Waals surface area (Å²) in [5.41, 5.74) is 0.523. The minimum absolute atomic E-state index is 0.0585. The highest BCUT2D eigenvalue weighted by Crippen LogP contribution is 2.31. The van der Waals surface area contributed by atoms with Crippen molar-refractivity contribution in [3.63, 3.8) is 0 Å². The maximum Gasteiger partial charge on any atom is 0.416 e. The Hall–Kier alpha value is -2.98. The predicted octanol–water partition coefficient (Wildman–Crippen LogP) is 5.93. The maximum atomic E-state index is 12.8. The molecule has 1 unspecified atom stereocenters. The summed E-state index contributed by atoms with van der Waals surface area (Å²) in [4.78, 5) is 13.2. The summed E-state index contributed by atoms with van der Waals surface area (Å²) in [6, 6.07) is 17.4. The zero-order valence-electron chi connectivity index (χ0n) is 17.7. The van der Waals surface area contributed by atoms with Gasteiger partial charge in [-0.1, -0.05) is 23.8 Å². The molecular formula is C23H21F3N2O3S2. The van der Waals surface area contributed by atoms with Crippen LogP contribution in [0.3, 0.4) is 0 Å². The number of alkyl halides is 3. The quantitative estimate of drug-likeness (QED) is 0.399. The molecule has 0 aliphatic rings. The van der Waals surface area contributed by atoms with E-state index >= 15 is 0 Å². The number of carbonyl (C=O) groups excluding carboxylic acids is 1. The smallest absolute Gasteiger partial charge is 0.325 e. The van der Waals surface area contributed by atoms with Crippen LogP contribution in [0.4, 0.5) is 24.5 Å². The van der Waals surface area contributed by atoms with Gasteiger partial charge in [-0.2, -0.15) is 13.2 Å². The summed E-state index contributed by atoms with van der Waals surface area (Å²) in [6.45, 7) is 3.49. The first kappa shape index (κ1) is 24.7. The Morgan fingerprint density at radius 2 is 1.58 bits per heavy atom. The number of hydrogen-bond acceptors (Lipinski definition) is 4. The zero-order valence-corrected chi connectivity index (χ0v) is 19.3. The average molecular weight is 495 g/mol. The lowest BCUT2D eigenvalue weighted by molar-refractivity contribution is -0.137. The standard InChI is InChI=1S/C23H21F3N2O3S2/c1-15-6-12-21(13-7-15)33(30,31)28-18-8-10-20(11-9-18)32-16(2)22(29)27-19-5-3-4-17(14-19)23(24,25)26/h3-14,16,28H,1-2H3,(H,27,29). The molecule has 0 heterocycles. The summed E-state index contributed by atoms with van der Waals surface area (Å²) in [6.07, 6.45) is -4.50. The van der Waals surface area contributed by atoms with Crippen LogP contribution in [-0.2, 0) is 21.0 Å². The molecule has 0 aliphatic heterocycles. The first-order valence-corrected chi connectivity index (χ1v) is 12.1. The fraction of sp³-hybridized carbons (Fsp3) is 0.174. The van der Waals surface area contributed by atoms with Crippen LogP contribution in [0.25, 0.3) is 0 Å². The van der Waals surface area contributed by atoms with E-state index in [-0.39, 0.29) is 10.6 Å². The monoisotopic (exact) mass is 494 g/mol. The Labute approximate surface area is 194 Å². The number of thioether (sulfide) groups is 1. The topological polar surface area (TPSA) is 75.3 Å². The Morgan fingerprint density at radius 3 is 2.18 bits per heavy atom. The molecule has 0 spiro atoms. The van der Waals surface area contributed by atoms with Crippen LogP contribution in [-0.4, -0.2) is 19.6 Å². The van der Waals surface area contributed by atoms with Gasteiger partial charge in [0.05, 0.1) is 15.7 Å². The summed E-state index contributed by atoms with van der Waals surface area (Å²) >= 11 is 1.19. The van der Waals surface area contributed by atoms with Crippen molar-refractivity contribution in [3.8, 4) is 0 Å². The largest absolute Gasteiger partial charge is 0.416 e. The van der Waals surface area contributed by atoms with Crippen LogP contribution < -0.4 is 10.0 Å². The third kappa shape index (κ3) is 6.75. The van der Waals surface area contributed by atoms with Crippen molar-refractivity contribution in [3.05, 3.63) is 83.9 Å². The zero-order chi connectivity index (χ0) is 24.2. The van der Waals surface area contributed by atoms with Crippen molar-refractivity contribution in [2.75, 3.05) is 10.0 Å². The molecule has 1 atom stereocenters. The van der Waals surface area contributed by atoms with Gasteiger partial charge in [0.1, 0.15) is 0 Å². The van der Waals surface area contributed by atoms with Crippen LogP contribution >= 0.6 is 11.8 Å². The highest BCUT2D eigenvalue weighted by molar-refractivity contribution is 8.00. The highest BCUT2D eigenvalue weighted by atomic mass is 32.2. The number of benzene rings is 3. The number of amides is 1. The molecule has 0 saturated heterocycles. The number of sulfonamides is 1. The Bertz CT molecular complexity index is 1230. The molecule has 3 aromatic carbocycles. The summed E-state index contributed by atoms with van der Waals surface area (Å²) in [5, 5.41) is 1.89. The van der Waals surface area contributed by atoms with E-state index in [2.05, 4.69) is 10.0 Å². The van der Waals surface area contributed by atoms with Crippen LogP contribution in [0.1, 0.15) is 18.1 Å². The molecule has 5 nitrogen and oxygen atoms in total. The number of nitrogens with one attached hydrogen (secondary N) is 2. The van der Waals surface area contributed by atoms with Gasteiger partial charge < -0.3 is 5.32 Å². The average Bonchev–Trinajstić information content (AvgIpc) is 2.75. The predicted molar refractivity (Wildman–Crippen MR) is 124 cm³/mol. The van der Waals surface area contributed by atoms with Crippen molar-refractivity contribution in [1.29, 1.82) is 0 Å².